The molecule has 2 amide bonds. The molecule has 29 heavy (non-hydrogen) atoms. The zero-order valence-corrected chi connectivity index (χ0v) is 18.1. The SMILES string of the molecule is CC(=O)Nc1nnc([C@H]2CC[C@@H](Cc3nnc(NC(=O)Cc4cscn4)s3)C2)s1. The van der Waals surface area contributed by atoms with Gasteiger partial charge in [0.15, 0.2) is 0 Å². The van der Waals surface area contributed by atoms with Crippen LogP contribution in [-0.4, -0.2) is 37.2 Å². The summed E-state index contributed by atoms with van der Waals surface area (Å²) in [6, 6.07) is 0. The van der Waals surface area contributed by atoms with E-state index in [0.29, 0.717) is 22.1 Å². The summed E-state index contributed by atoms with van der Waals surface area (Å²) in [7, 11) is 0. The molecule has 0 bridgehead atoms. The van der Waals surface area contributed by atoms with Crippen molar-refractivity contribution in [3.05, 3.63) is 26.6 Å². The van der Waals surface area contributed by atoms with Crippen LogP contribution in [0.5, 0.6) is 0 Å². The molecule has 4 rings (SSSR count). The van der Waals surface area contributed by atoms with E-state index < -0.39 is 0 Å². The van der Waals surface area contributed by atoms with Crippen molar-refractivity contribution in [3.63, 3.8) is 0 Å². The Morgan fingerprint density at radius 2 is 1.93 bits per heavy atom. The number of nitrogens with zero attached hydrogens (tertiary/aromatic N) is 5. The standard InChI is InChI=1S/C17H19N7O2S3/c1-9(25)19-16-24-22-15(29-16)11-3-2-10(4-11)5-14-21-23-17(28-14)20-13(26)6-12-7-27-8-18-12/h7-8,10-11H,2-6H2,1H3,(H,19,24,25)(H,20,23,26)/t10-,11+/m1/s1. The van der Waals surface area contributed by atoms with E-state index in [1.807, 2.05) is 5.38 Å². The van der Waals surface area contributed by atoms with Gasteiger partial charge in [-0.2, -0.15) is 0 Å². The van der Waals surface area contributed by atoms with Crippen molar-refractivity contribution in [3.8, 4) is 0 Å². The van der Waals surface area contributed by atoms with E-state index in [4.69, 9.17) is 0 Å². The topological polar surface area (TPSA) is 123 Å². The Hall–Kier alpha value is -2.31. The third kappa shape index (κ3) is 5.40. The molecule has 1 aliphatic rings. The Bertz CT molecular complexity index is 985. The Morgan fingerprint density at radius 3 is 2.72 bits per heavy atom. The minimum Gasteiger partial charge on any atom is -0.301 e. The molecule has 3 aromatic heterocycles. The fraction of sp³-hybridized carbons (Fsp3) is 0.471. The highest BCUT2D eigenvalue weighted by Gasteiger charge is 2.29. The zero-order valence-electron chi connectivity index (χ0n) is 15.6. The quantitative estimate of drug-likeness (QED) is 0.568. The summed E-state index contributed by atoms with van der Waals surface area (Å²) in [4.78, 5) is 27.3. The van der Waals surface area contributed by atoms with Crippen LogP contribution in [0.15, 0.2) is 10.9 Å². The largest absolute Gasteiger partial charge is 0.301 e. The van der Waals surface area contributed by atoms with Gasteiger partial charge in [0, 0.05) is 24.6 Å². The lowest BCUT2D eigenvalue weighted by atomic mass is 10.0. The molecule has 1 fully saturated rings. The second-order valence-corrected chi connectivity index (χ2v) is 9.70. The third-order valence-electron chi connectivity index (χ3n) is 4.62. The summed E-state index contributed by atoms with van der Waals surface area (Å²) >= 11 is 4.34. The highest BCUT2D eigenvalue weighted by atomic mass is 32.1. The minimum atomic E-state index is -0.136. The molecule has 2 N–H and O–H groups in total. The molecule has 1 aliphatic carbocycles. The van der Waals surface area contributed by atoms with E-state index >= 15 is 0 Å². The Morgan fingerprint density at radius 1 is 1.10 bits per heavy atom. The number of rotatable bonds is 7. The van der Waals surface area contributed by atoms with Crippen molar-refractivity contribution in [1.29, 1.82) is 0 Å². The summed E-state index contributed by atoms with van der Waals surface area (Å²) in [5, 5.41) is 26.9. The van der Waals surface area contributed by atoms with E-state index in [0.717, 1.165) is 41.4 Å². The van der Waals surface area contributed by atoms with Gasteiger partial charge in [-0.05, 0) is 25.2 Å². The predicted molar refractivity (Wildman–Crippen MR) is 112 cm³/mol. The van der Waals surface area contributed by atoms with Gasteiger partial charge in [-0.1, -0.05) is 22.7 Å². The van der Waals surface area contributed by atoms with Gasteiger partial charge in [0.25, 0.3) is 0 Å². The van der Waals surface area contributed by atoms with Gasteiger partial charge in [-0.25, -0.2) is 4.98 Å². The lowest BCUT2D eigenvalue weighted by Crippen LogP contribution is -2.14. The number of hydrogen-bond donors (Lipinski definition) is 2. The maximum absolute atomic E-state index is 12.1. The number of anilines is 2. The number of carbonyl (C=O) groups excluding carboxylic acids is 2. The van der Waals surface area contributed by atoms with Crippen LogP contribution in [0.25, 0.3) is 0 Å². The summed E-state index contributed by atoms with van der Waals surface area (Å²) in [5.41, 5.74) is 2.47. The van der Waals surface area contributed by atoms with Crippen molar-refractivity contribution in [2.45, 2.75) is 44.9 Å². The molecule has 3 heterocycles. The van der Waals surface area contributed by atoms with Gasteiger partial charge in [0.05, 0.1) is 17.6 Å². The molecule has 0 aromatic carbocycles. The van der Waals surface area contributed by atoms with Crippen LogP contribution in [0.1, 0.15) is 47.8 Å². The fourth-order valence-corrected chi connectivity index (χ4v) is 5.74. The number of carbonyl (C=O) groups is 2. The Kier molecular flexibility index (Phi) is 6.21. The molecule has 2 atom stereocenters. The monoisotopic (exact) mass is 449 g/mol. The molecular weight excluding hydrogens is 430 g/mol. The van der Waals surface area contributed by atoms with E-state index in [-0.39, 0.29) is 18.2 Å². The van der Waals surface area contributed by atoms with Crippen molar-refractivity contribution < 1.29 is 9.59 Å². The van der Waals surface area contributed by atoms with Gasteiger partial charge < -0.3 is 10.6 Å². The van der Waals surface area contributed by atoms with Crippen molar-refractivity contribution in [2.24, 2.45) is 5.92 Å². The minimum absolute atomic E-state index is 0.134. The smallest absolute Gasteiger partial charge is 0.232 e. The Balaban J connectivity index is 1.27. The molecule has 9 nitrogen and oxygen atoms in total. The number of aromatic nitrogens is 5. The molecule has 0 radical (unpaired) electrons. The van der Waals surface area contributed by atoms with Crippen molar-refractivity contribution in [2.75, 3.05) is 10.6 Å². The lowest BCUT2D eigenvalue weighted by Gasteiger charge is -2.06. The summed E-state index contributed by atoms with van der Waals surface area (Å²) in [5.74, 6) is 0.596. The van der Waals surface area contributed by atoms with E-state index in [1.54, 1.807) is 5.51 Å². The van der Waals surface area contributed by atoms with Crippen LogP contribution in [0.4, 0.5) is 10.3 Å². The van der Waals surface area contributed by atoms with Gasteiger partial charge in [-0.15, -0.1) is 31.7 Å². The molecule has 0 aliphatic heterocycles. The lowest BCUT2D eigenvalue weighted by molar-refractivity contribution is -0.116. The van der Waals surface area contributed by atoms with Crippen LogP contribution in [0.3, 0.4) is 0 Å². The molecule has 0 spiro atoms. The normalized spacial score (nSPS) is 18.7. The number of thiazole rings is 1. The van der Waals surface area contributed by atoms with Crippen molar-refractivity contribution in [1.82, 2.24) is 25.4 Å². The van der Waals surface area contributed by atoms with Crippen molar-refractivity contribution >= 4 is 56.1 Å². The van der Waals surface area contributed by atoms with Gasteiger partial charge >= 0.3 is 0 Å². The average molecular weight is 450 g/mol. The van der Waals surface area contributed by atoms with E-state index in [2.05, 4.69) is 36.0 Å². The zero-order chi connectivity index (χ0) is 20.2. The van der Waals surface area contributed by atoms with Crippen LogP contribution in [0.2, 0.25) is 0 Å². The predicted octanol–water partition coefficient (Wildman–Crippen LogP) is 3.11. The molecule has 12 heteroatoms. The van der Waals surface area contributed by atoms with Crippen LogP contribution in [0, 0.1) is 5.92 Å². The first kappa shape index (κ1) is 20.0. The van der Waals surface area contributed by atoms with E-state index in [1.165, 1.54) is 40.9 Å². The third-order valence-corrected chi connectivity index (χ3v) is 7.11. The average Bonchev–Trinajstić information content (AvgIpc) is 3.43. The van der Waals surface area contributed by atoms with Crippen LogP contribution >= 0.6 is 34.0 Å². The maximum atomic E-state index is 12.1. The van der Waals surface area contributed by atoms with Gasteiger partial charge in [-0.3, -0.25) is 9.59 Å². The van der Waals surface area contributed by atoms with Crippen LogP contribution < -0.4 is 10.6 Å². The summed E-state index contributed by atoms with van der Waals surface area (Å²) < 4.78 is 0. The highest BCUT2D eigenvalue weighted by molar-refractivity contribution is 7.15. The Labute approximate surface area is 179 Å². The number of hydrogen-bond acceptors (Lipinski definition) is 10. The molecule has 3 aromatic rings. The first-order valence-corrected chi connectivity index (χ1v) is 11.7. The van der Waals surface area contributed by atoms with E-state index in [9.17, 15) is 9.59 Å². The number of nitrogens with one attached hydrogen (secondary N) is 2. The van der Waals surface area contributed by atoms with Gasteiger partial charge in [0.2, 0.25) is 22.1 Å². The maximum Gasteiger partial charge on any atom is 0.232 e. The summed E-state index contributed by atoms with van der Waals surface area (Å²) in [6.45, 7) is 1.46. The number of amides is 2. The first-order chi connectivity index (χ1) is 14.0. The fourth-order valence-electron chi connectivity index (χ4n) is 3.37. The highest BCUT2D eigenvalue weighted by Crippen LogP contribution is 2.41. The molecule has 152 valence electrons. The second kappa shape index (κ2) is 9.01. The molecule has 0 unspecified atom stereocenters. The molecule has 1 saturated carbocycles. The molecule has 0 saturated heterocycles. The molecular formula is C17H19N7O2S3. The first-order valence-electron chi connectivity index (χ1n) is 9.15. The second-order valence-electron chi connectivity index (χ2n) is 6.91. The van der Waals surface area contributed by atoms with Crippen LogP contribution in [-0.2, 0) is 22.4 Å². The van der Waals surface area contributed by atoms with Gasteiger partial charge in [0.1, 0.15) is 10.0 Å². The summed E-state index contributed by atoms with van der Waals surface area (Å²) in [6.07, 6.45) is 4.23.